The van der Waals surface area contributed by atoms with Crippen LogP contribution in [-0.4, -0.2) is 47.5 Å². The van der Waals surface area contributed by atoms with Gasteiger partial charge in [-0.25, -0.2) is 4.39 Å². The third-order valence-electron chi connectivity index (χ3n) is 5.83. The van der Waals surface area contributed by atoms with Crippen LogP contribution in [0.25, 0.3) is 0 Å². The van der Waals surface area contributed by atoms with Crippen molar-refractivity contribution in [2.45, 2.75) is 39.2 Å². The second-order valence-corrected chi connectivity index (χ2v) is 7.51. The quantitative estimate of drug-likeness (QED) is 0.815. The molecule has 2 aromatic rings. The molecule has 2 heterocycles. The molecular weight excluding hydrogens is 359 g/mol. The maximum atomic E-state index is 14.2. The van der Waals surface area contributed by atoms with Crippen LogP contribution < -0.4 is 0 Å². The number of aromatic nitrogens is 1. The van der Waals surface area contributed by atoms with Crippen molar-refractivity contribution in [2.24, 2.45) is 0 Å². The zero-order chi connectivity index (χ0) is 19.7. The minimum atomic E-state index is -0.252. The monoisotopic (exact) mass is 384 g/mol. The average molecular weight is 384 g/mol. The summed E-state index contributed by atoms with van der Waals surface area (Å²) in [5.41, 5.74) is 3.94. The zero-order valence-electron chi connectivity index (χ0n) is 16.2. The second kappa shape index (κ2) is 7.87. The molecule has 6 heteroatoms. The van der Waals surface area contributed by atoms with Gasteiger partial charge in [0, 0.05) is 42.0 Å². The first kappa shape index (κ1) is 18.9. The van der Waals surface area contributed by atoms with Crippen LogP contribution in [0, 0.1) is 12.7 Å². The van der Waals surface area contributed by atoms with E-state index >= 15 is 0 Å². The van der Waals surface area contributed by atoms with Gasteiger partial charge in [-0.2, -0.15) is 0 Å². The lowest BCUT2D eigenvalue weighted by atomic mass is 9.92. The molecule has 1 amide bonds. The van der Waals surface area contributed by atoms with Gasteiger partial charge in [0.15, 0.2) is 5.78 Å². The van der Waals surface area contributed by atoms with Gasteiger partial charge >= 0.3 is 0 Å². The molecule has 2 aliphatic rings. The van der Waals surface area contributed by atoms with Crippen molar-refractivity contribution in [1.29, 1.82) is 0 Å². The van der Waals surface area contributed by atoms with Gasteiger partial charge in [0.05, 0.1) is 26.2 Å². The number of hydrogen-bond acceptors (Lipinski definition) is 3. The van der Waals surface area contributed by atoms with Crippen molar-refractivity contribution in [3.8, 4) is 0 Å². The molecule has 148 valence electrons. The van der Waals surface area contributed by atoms with E-state index < -0.39 is 0 Å². The molecule has 1 aliphatic carbocycles. The summed E-state index contributed by atoms with van der Waals surface area (Å²) in [7, 11) is 0. The molecule has 0 radical (unpaired) electrons. The van der Waals surface area contributed by atoms with E-state index in [2.05, 4.69) is 0 Å². The number of nitrogens with zero attached hydrogens (tertiary/aromatic N) is 2. The Hall–Kier alpha value is -2.47. The van der Waals surface area contributed by atoms with Crippen molar-refractivity contribution >= 4 is 11.7 Å². The zero-order valence-corrected chi connectivity index (χ0v) is 16.2. The normalized spacial score (nSPS) is 16.9. The van der Waals surface area contributed by atoms with Crippen LogP contribution in [0.2, 0.25) is 0 Å². The van der Waals surface area contributed by atoms with Crippen LogP contribution in [0.1, 0.15) is 45.7 Å². The number of carbonyl (C=O) groups excluding carboxylic acids is 2. The number of ketones is 1. The van der Waals surface area contributed by atoms with Gasteiger partial charge < -0.3 is 14.2 Å². The molecule has 0 N–H and O–H groups in total. The third kappa shape index (κ3) is 3.49. The number of fused-ring (bicyclic) bond motifs is 1. The lowest BCUT2D eigenvalue weighted by Gasteiger charge is -2.27. The summed E-state index contributed by atoms with van der Waals surface area (Å²) in [4.78, 5) is 27.3. The number of morpholine rings is 1. The highest BCUT2D eigenvalue weighted by molar-refractivity contribution is 6.01. The average Bonchev–Trinajstić information content (AvgIpc) is 2.97. The van der Waals surface area contributed by atoms with Gasteiger partial charge in [0.1, 0.15) is 5.82 Å². The molecule has 1 aromatic heterocycles. The molecule has 5 nitrogen and oxygen atoms in total. The largest absolute Gasteiger partial charge is 0.378 e. The molecule has 1 saturated heterocycles. The number of carbonyl (C=O) groups is 2. The maximum absolute atomic E-state index is 14.2. The summed E-state index contributed by atoms with van der Waals surface area (Å²) in [5, 5.41) is 0. The summed E-state index contributed by atoms with van der Waals surface area (Å²) in [5.74, 6) is -0.130. The minimum absolute atomic E-state index is 0.0237. The molecule has 0 saturated carbocycles. The van der Waals surface area contributed by atoms with Crippen molar-refractivity contribution in [2.75, 3.05) is 26.3 Å². The van der Waals surface area contributed by atoms with Gasteiger partial charge in [-0.3, -0.25) is 9.59 Å². The number of benzene rings is 1. The number of Topliss-reactive ketones (excluding diaryl/α,β-unsaturated/α-hetero) is 1. The SMILES string of the molecule is Cc1c(CC(=O)N2CCOCC2)c2c(n1Cc1ccccc1F)CCCC2=O. The van der Waals surface area contributed by atoms with Gasteiger partial charge in [0.25, 0.3) is 0 Å². The lowest BCUT2D eigenvalue weighted by Crippen LogP contribution is -2.41. The predicted octanol–water partition coefficient (Wildman–Crippen LogP) is 2.90. The minimum Gasteiger partial charge on any atom is -0.378 e. The van der Waals surface area contributed by atoms with Crippen LogP contribution in [-0.2, 0) is 28.9 Å². The number of halogens is 1. The number of ether oxygens (including phenoxy) is 1. The van der Waals surface area contributed by atoms with Crippen molar-refractivity contribution in [3.05, 3.63) is 58.2 Å². The molecule has 0 atom stereocenters. The Bertz CT molecular complexity index is 913. The molecule has 4 rings (SSSR count). The molecule has 1 fully saturated rings. The highest BCUT2D eigenvalue weighted by atomic mass is 19.1. The Morgan fingerprint density at radius 2 is 1.93 bits per heavy atom. The summed E-state index contributed by atoms with van der Waals surface area (Å²) >= 11 is 0. The predicted molar refractivity (Wildman–Crippen MR) is 103 cm³/mol. The first-order chi connectivity index (χ1) is 13.6. The maximum Gasteiger partial charge on any atom is 0.227 e. The van der Waals surface area contributed by atoms with E-state index in [4.69, 9.17) is 4.74 Å². The summed E-state index contributed by atoms with van der Waals surface area (Å²) < 4.78 is 21.6. The number of amides is 1. The summed E-state index contributed by atoms with van der Waals surface area (Å²) in [6.45, 7) is 4.59. The van der Waals surface area contributed by atoms with Gasteiger partial charge in [-0.05, 0) is 31.4 Å². The summed E-state index contributed by atoms with van der Waals surface area (Å²) in [6, 6.07) is 6.71. The van der Waals surface area contributed by atoms with E-state index in [9.17, 15) is 14.0 Å². The number of rotatable bonds is 4. The van der Waals surface area contributed by atoms with E-state index in [-0.39, 0.29) is 23.9 Å². The van der Waals surface area contributed by atoms with Crippen LogP contribution in [0.5, 0.6) is 0 Å². The molecule has 0 unspecified atom stereocenters. The Morgan fingerprint density at radius 3 is 2.68 bits per heavy atom. The van der Waals surface area contributed by atoms with E-state index in [0.29, 0.717) is 50.4 Å². The topological polar surface area (TPSA) is 51.5 Å². The Kier molecular flexibility index (Phi) is 5.31. The van der Waals surface area contributed by atoms with Crippen LogP contribution in [0.4, 0.5) is 4.39 Å². The fourth-order valence-electron chi connectivity index (χ4n) is 4.29. The van der Waals surface area contributed by atoms with E-state index in [0.717, 1.165) is 29.8 Å². The van der Waals surface area contributed by atoms with Crippen molar-refractivity contribution in [1.82, 2.24) is 9.47 Å². The van der Waals surface area contributed by atoms with Crippen LogP contribution >= 0.6 is 0 Å². The fourth-order valence-corrected chi connectivity index (χ4v) is 4.29. The highest BCUT2D eigenvalue weighted by Gasteiger charge is 2.30. The van der Waals surface area contributed by atoms with Crippen molar-refractivity contribution in [3.63, 3.8) is 0 Å². The standard InChI is InChI=1S/C22H25FN2O3/c1-15-17(13-21(27)24-9-11-28-12-10-24)22-19(7-4-8-20(22)26)25(15)14-16-5-2-3-6-18(16)23/h2-3,5-6H,4,7-14H2,1H3. The molecule has 0 spiro atoms. The molecule has 0 bridgehead atoms. The fraction of sp³-hybridized carbons (Fsp3) is 0.455. The molecule has 1 aliphatic heterocycles. The Labute approximate surface area is 164 Å². The Balaban J connectivity index is 1.70. The van der Waals surface area contributed by atoms with E-state index in [1.807, 2.05) is 17.6 Å². The Morgan fingerprint density at radius 1 is 1.18 bits per heavy atom. The number of hydrogen-bond donors (Lipinski definition) is 0. The summed E-state index contributed by atoms with van der Waals surface area (Å²) in [6.07, 6.45) is 2.30. The van der Waals surface area contributed by atoms with Crippen molar-refractivity contribution < 1.29 is 18.7 Å². The first-order valence-electron chi connectivity index (χ1n) is 9.89. The van der Waals surface area contributed by atoms with Gasteiger partial charge in [-0.15, -0.1) is 0 Å². The molecule has 1 aromatic carbocycles. The second-order valence-electron chi connectivity index (χ2n) is 7.51. The molecular formula is C22H25FN2O3. The smallest absolute Gasteiger partial charge is 0.227 e. The molecule has 28 heavy (non-hydrogen) atoms. The third-order valence-corrected chi connectivity index (χ3v) is 5.83. The van der Waals surface area contributed by atoms with Gasteiger partial charge in [-0.1, -0.05) is 18.2 Å². The van der Waals surface area contributed by atoms with E-state index in [1.54, 1.807) is 17.0 Å². The van der Waals surface area contributed by atoms with Crippen LogP contribution in [0.3, 0.4) is 0 Å². The van der Waals surface area contributed by atoms with Crippen LogP contribution in [0.15, 0.2) is 24.3 Å². The van der Waals surface area contributed by atoms with Gasteiger partial charge in [0.2, 0.25) is 5.91 Å². The first-order valence-corrected chi connectivity index (χ1v) is 9.89. The lowest BCUT2D eigenvalue weighted by molar-refractivity contribution is -0.134. The highest BCUT2D eigenvalue weighted by Crippen LogP contribution is 2.31. The van der Waals surface area contributed by atoms with E-state index in [1.165, 1.54) is 6.07 Å².